The van der Waals surface area contributed by atoms with Crippen LogP contribution >= 0.6 is 0 Å². The van der Waals surface area contributed by atoms with Gasteiger partial charge in [-0.25, -0.2) is 0 Å². The second-order valence-corrected chi connectivity index (χ2v) is 4.85. The van der Waals surface area contributed by atoms with Crippen molar-refractivity contribution in [2.24, 2.45) is 0 Å². The van der Waals surface area contributed by atoms with Gasteiger partial charge in [-0.05, 0) is 56.0 Å². The van der Waals surface area contributed by atoms with E-state index in [4.69, 9.17) is 0 Å². The maximum absolute atomic E-state index is 2.29. The lowest BCUT2D eigenvalue weighted by Gasteiger charge is -2.12. The Hall–Kier alpha value is -1.50. The number of benzene rings is 1. The number of aromatic nitrogens is 1. The molecule has 2 aromatic rings. The summed E-state index contributed by atoms with van der Waals surface area (Å²) in [5.74, 6) is 0.649. The van der Waals surface area contributed by atoms with Gasteiger partial charge >= 0.3 is 0 Å². The van der Waals surface area contributed by atoms with Crippen LogP contribution in [0.2, 0.25) is 0 Å². The number of rotatable bonds is 3. The zero-order chi connectivity index (χ0) is 12.4. The van der Waals surface area contributed by atoms with Crippen LogP contribution in [0.5, 0.6) is 0 Å². The summed E-state index contributed by atoms with van der Waals surface area (Å²) in [5, 5.41) is 0. The summed E-state index contributed by atoms with van der Waals surface area (Å²) in [5.41, 5.74) is 5.27. The number of nitrogens with zero attached hydrogens (tertiary/aromatic N) is 1. The third-order valence-electron chi connectivity index (χ3n) is 3.60. The fraction of sp³-hybridized carbons (Fsp3) is 0.375. The molecule has 1 nitrogen and oxygen atoms in total. The molecule has 17 heavy (non-hydrogen) atoms. The number of hydrogen-bond donors (Lipinski definition) is 0. The third kappa shape index (κ3) is 2.28. The van der Waals surface area contributed by atoms with Crippen molar-refractivity contribution < 1.29 is 0 Å². The Morgan fingerprint density at radius 1 is 0.941 bits per heavy atom. The van der Waals surface area contributed by atoms with Crippen LogP contribution < -0.4 is 0 Å². The molecule has 1 heteroatoms. The molecule has 0 aliphatic heterocycles. The first-order valence-corrected chi connectivity index (χ1v) is 6.38. The van der Waals surface area contributed by atoms with Crippen molar-refractivity contribution in [3.8, 4) is 5.69 Å². The van der Waals surface area contributed by atoms with Gasteiger partial charge in [0.1, 0.15) is 0 Å². The molecule has 1 aromatic heterocycles. The van der Waals surface area contributed by atoms with E-state index in [1.165, 1.54) is 29.1 Å². The monoisotopic (exact) mass is 227 g/mol. The Kier molecular flexibility index (Phi) is 3.37. The van der Waals surface area contributed by atoms with E-state index >= 15 is 0 Å². The second kappa shape index (κ2) is 4.79. The number of aryl methyl sites for hydroxylation is 2. The van der Waals surface area contributed by atoms with Gasteiger partial charge in [0.25, 0.3) is 0 Å². The molecule has 0 fully saturated rings. The van der Waals surface area contributed by atoms with Gasteiger partial charge in [-0.15, -0.1) is 0 Å². The molecular formula is C16H21N. The molecule has 0 aliphatic rings. The van der Waals surface area contributed by atoms with E-state index in [-0.39, 0.29) is 0 Å². The molecule has 1 aromatic carbocycles. The smallest absolute Gasteiger partial charge is 0.0455 e. The first kappa shape index (κ1) is 12.0. The van der Waals surface area contributed by atoms with Gasteiger partial charge in [0, 0.05) is 17.1 Å². The average molecular weight is 227 g/mol. The Morgan fingerprint density at radius 3 is 1.94 bits per heavy atom. The van der Waals surface area contributed by atoms with Crippen molar-refractivity contribution in [1.82, 2.24) is 4.57 Å². The summed E-state index contributed by atoms with van der Waals surface area (Å²) in [6, 6.07) is 13.3. The lowest BCUT2D eigenvalue weighted by molar-refractivity contribution is 0.733. The molecule has 0 bridgehead atoms. The zero-order valence-electron chi connectivity index (χ0n) is 11.2. The fourth-order valence-electron chi connectivity index (χ4n) is 2.26. The minimum Gasteiger partial charge on any atom is -0.319 e. The Labute approximate surface area is 104 Å². The van der Waals surface area contributed by atoms with Gasteiger partial charge in [-0.1, -0.05) is 26.0 Å². The normalized spacial score (nSPS) is 12.7. The standard InChI is InChI=1S/C16H21N/c1-5-12(2)15-8-10-16(11-9-15)17-13(3)6-7-14(17)4/h6-12H,5H2,1-4H3/t12-/m0/s1. The van der Waals surface area contributed by atoms with E-state index in [2.05, 4.69) is 68.7 Å². The van der Waals surface area contributed by atoms with E-state index in [0.29, 0.717) is 5.92 Å². The average Bonchev–Trinajstić information content (AvgIpc) is 2.68. The molecule has 2 rings (SSSR count). The van der Waals surface area contributed by atoms with E-state index < -0.39 is 0 Å². The summed E-state index contributed by atoms with van der Waals surface area (Å²) in [6.45, 7) is 8.81. The Balaban J connectivity index is 2.36. The highest BCUT2D eigenvalue weighted by Gasteiger charge is 2.05. The summed E-state index contributed by atoms with van der Waals surface area (Å²) in [6.07, 6.45) is 1.20. The molecular weight excluding hydrogens is 206 g/mol. The van der Waals surface area contributed by atoms with Gasteiger partial charge in [0.15, 0.2) is 0 Å². The van der Waals surface area contributed by atoms with Crippen LogP contribution in [0.4, 0.5) is 0 Å². The van der Waals surface area contributed by atoms with Crippen LogP contribution in [0.25, 0.3) is 5.69 Å². The topological polar surface area (TPSA) is 4.93 Å². The molecule has 0 radical (unpaired) electrons. The van der Waals surface area contributed by atoms with Gasteiger partial charge in [-0.2, -0.15) is 0 Å². The second-order valence-electron chi connectivity index (χ2n) is 4.85. The highest BCUT2D eigenvalue weighted by atomic mass is 15.0. The SMILES string of the molecule is CC[C@H](C)c1ccc(-n2c(C)ccc2C)cc1. The molecule has 0 saturated heterocycles. The lowest BCUT2D eigenvalue weighted by atomic mass is 9.98. The maximum atomic E-state index is 2.29. The van der Waals surface area contributed by atoms with Gasteiger partial charge < -0.3 is 4.57 Å². The van der Waals surface area contributed by atoms with Crippen LogP contribution in [0.15, 0.2) is 36.4 Å². The van der Waals surface area contributed by atoms with Crippen molar-refractivity contribution in [1.29, 1.82) is 0 Å². The lowest BCUT2D eigenvalue weighted by Crippen LogP contribution is -1.99. The van der Waals surface area contributed by atoms with Crippen molar-refractivity contribution >= 4 is 0 Å². The molecule has 0 saturated carbocycles. The summed E-state index contributed by atoms with van der Waals surface area (Å²) in [4.78, 5) is 0. The van der Waals surface area contributed by atoms with Crippen molar-refractivity contribution in [3.63, 3.8) is 0 Å². The first-order valence-electron chi connectivity index (χ1n) is 6.38. The van der Waals surface area contributed by atoms with Crippen LogP contribution in [-0.4, -0.2) is 4.57 Å². The zero-order valence-corrected chi connectivity index (χ0v) is 11.2. The third-order valence-corrected chi connectivity index (χ3v) is 3.60. The van der Waals surface area contributed by atoms with Crippen LogP contribution in [-0.2, 0) is 0 Å². The molecule has 0 N–H and O–H groups in total. The van der Waals surface area contributed by atoms with E-state index in [1.807, 2.05) is 0 Å². The highest BCUT2D eigenvalue weighted by Crippen LogP contribution is 2.22. The Bertz CT molecular complexity index is 471. The molecule has 1 heterocycles. The van der Waals surface area contributed by atoms with Crippen LogP contribution in [0.1, 0.15) is 43.1 Å². The predicted octanol–water partition coefficient (Wildman–Crippen LogP) is 4.61. The summed E-state index contributed by atoms with van der Waals surface area (Å²) >= 11 is 0. The Morgan fingerprint density at radius 2 is 1.47 bits per heavy atom. The van der Waals surface area contributed by atoms with Gasteiger partial charge in [0.2, 0.25) is 0 Å². The molecule has 0 aliphatic carbocycles. The molecule has 0 amide bonds. The highest BCUT2D eigenvalue weighted by molar-refractivity contribution is 5.40. The first-order chi connectivity index (χ1) is 8.13. The van der Waals surface area contributed by atoms with E-state index in [0.717, 1.165) is 0 Å². The number of hydrogen-bond acceptors (Lipinski definition) is 0. The van der Waals surface area contributed by atoms with Crippen molar-refractivity contribution in [2.75, 3.05) is 0 Å². The quantitative estimate of drug-likeness (QED) is 0.721. The molecule has 90 valence electrons. The van der Waals surface area contributed by atoms with Crippen LogP contribution in [0.3, 0.4) is 0 Å². The minimum absolute atomic E-state index is 0.649. The maximum Gasteiger partial charge on any atom is 0.0455 e. The summed E-state index contributed by atoms with van der Waals surface area (Å²) < 4.78 is 2.29. The van der Waals surface area contributed by atoms with E-state index in [9.17, 15) is 0 Å². The van der Waals surface area contributed by atoms with Crippen molar-refractivity contribution in [2.45, 2.75) is 40.0 Å². The fourth-order valence-corrected chi connectivity index (χ4v) is 2.26. The van der Waals surface area contributed by atoms with Crippen molar-refractivity contribution in [3.05, 3.63) is 53.3 Å². The predicted molar refractivity (Wildman–Crippen MR) is 73.9 cm³/mol. The van der Waals surface area contributed by atoms with Gasteiger partial charge in [0.05, 0.1) is 0 Å². The molecule has 0 spiro atoms. The summed E-state index contributed by atoms with van der Waals surface area (Å²) in [7, 11) is 0. The van der Waals surface area contributed by atoms with Gasteiger partial charge in [-0.3, -0.25) is 0 Å². The molecule has 0 unspecified atom stereocenters. The minimum atomic E-state index is 0.649. The largest absolute Gasteiger partial charge is 0.319 e. The van der Waals surface area contributed by atoms with E-state index in [1.54, 1.807) is 0 Å². The van der Waals surface area contributed by atoms with Crippen LogP contribution in [0, 0.1) is 13.8 Å². The molecule has 1 atom stereocenters.